The van der Waals surface area contributed by atoms with Crippen LogP contribution in [-0.4, -0.2) is 46.0 Å². The summed E-state index contributed by atoms with van der Waals surface area (Å²) in [6.07, 6.45) is 5.15. The Bertz CT molecular complexity index is 578. The molecule has 4 nitrogen and oxygen atoms in total. The molecule has 0 spiro atoms. The van der Waals surface area contributed by atoms with Crippen molar-refractivity contribution in [2.45, 2.75) is 19.5 Å². The smallest absolute Gasteiger partial charge is 0.0945 e. The number of aryl methyl sites for hydroxylation is 1. The Kier molecular flexibility index (Phi) is 4.90. The van der Waals surface area contributed by atoms with Gasteiger partial charge in [-0.1, -0.05) is 30.3 Å². The highest BCUT2D eigenvalue weighted by atomic mass is 15.2. The van der Waals surface area contributed by atoms with Crippen LogP contribution in [0.5, 0.6) is 0 Å². The molecule has 2 heterocycles. The van der Waals surface area contributed by atoms with Gasteiger partial charge in [-0.05, 0) is 31.5 Å². The number of nitrogens with zero attached hydrogens (tertiary/aromatic N) is 4. The second kappa shape index (κ2) is 7.07. The Hall–Kier alpha value is -1.65. The van der Waals surface area contributed by atoms with Gasteiger partial charge in [0.2, 0.25) is 0 Å². The van der Waals surface area contributed by atoms with E-state index in [4.69, 9.17) is 0 Å². The van der Waals surface area contributed by atoms with E-state index in [1.54, 1.807) is 0 Å². The molecule has 1 aromatic heterocycles. The van der Waals surface area contributed by atoms with Gasteiger partial charge in [0, 0.05) is 39.4 Å². The number of imidazole rings is 1. The number of rotatable bonds is 6. The van der Waals surface area contributed by atoms with Gasteiger partial charge in [-0.25, -0.2) is 4.98 Å². The molecule has 0 N–H and O–H groups in total. The summed E-state index contributed by atoms with van der Waals surface area (Å²) in [4.78, 5) is 9.20. The predicted molar refractivity (Wildman–Crippen MR) is 89.4 cm³/mol. The van der Waals surface area contributed by atoms with Gasteiger partial charge < -0.3 is 9.47 Å². The van der Waals surface area contributed by atoms with Crippen molar-refractivity contribution in [2.75, 3.05) is 26.7 Å². The van der Waals surface area contributed by atoms with E-state index in [-0.39, 0.29) is 0 Å². The summed E-state index contributed by atoms with van der Waals surface area (Å²) in [6.45, 7) is 5.66. The van der Waals surface area contributed by atoms with Gasteiger partial charge in [0.05, 0.1) is 12.0 Å². The van der Waals surface area contributed by atoms with Crippen LogP contribution in [-0.2, 0) is 20.1 Å². The minimum Gasteiger partial charge on any atom is -0.337 e. The quantitative estimate of drug-likeness (QED) is 0.818. The highest BCUT2D eigenvalue weighted by molar-refractivity contribution is 5.14. The third kappa shape index (κ3) is 3.96. The molecule has 0 bridgehead atoms. The molecule has 1 fully saturated rings. The fourth-order valence-electron chi connectivity index (χ4n) is 3.37. The fourth-order valence-corrected chi connectivity index (χ4v) is 3.37. The van der Waals surface area contributed by atoms with Crippen molar-refractivity contribution in [1.29, 1.82) is 0 Å². The minimum absolute atomic E-state index is 0.780. The molecule has 0 saturated carbocycles. The Balaban J connectivity index is 1.45. The van der Waals surface area contributed by atoms with E-state index < -0.39 is 0 Å². The van der Waals surface area contributed by atoms with Crippen LogP contribution in [0.25, 0.3) is 0 Å². The number of benzene rings is 1. The van der Waals surface area contributed by atoms with Crippen molar-refractivity contribution in [1.82, 2.24) is 19.4 Å². The predicted octanol–water partition coefficient (Wildman–Crippen LogP) is 2.37. The average Bonchev–Trinajstić information content (AvgIpc) is 3.10. The molecule has 1 saturated heterocycles. The molecule has 1 aromatic carbocycles. The van der Waals surface area contributed by atoms with Crippen molar-refractivity contribution >= 4 is 0 Å². The zero-order chi connectivity index (χ0) is 15.4. The normalized spacial score (nSPS) is 19.1. The molecule has 4 heteroatoms. The largest absolute Gasteiger partial charge is 0.337 e. The standard InChI is InChI=1S/C18H26N4/c1-20(14-18-10-19-15-21(18)2)11-17-8-9-22(13-17)12-16-6-4-3-5-7-16/h3-7,10,15,17H,8-9,11-14H2,1-2H3/t17-/m1/s1. The van der Waals surface area contributed by atoms with E-state index in [1.165, 1.54) is 30.8 Å². The van der Waals surface area contributed by atoms with Gasteiger partial charge in [-0.15, -0.1) is 0 Å². The first-order valence-electron chi connectivity index (χ1n) is 8.10. The van der Waals surface area contributed by atoms with Crippen LogP contribution in [0, 0.1) is 5.92 Å². The van der Waals surface area contributed by atoms with Crippen LogP contribution in [0.4, 0.5) is 0 Å². The van der Waals surface area contributed by atoms with E-state index in [2.05, 4.69) is 63.8 Å². The summed E-state index contributed by atoms with van der Waals surface area (Å²) in [5.74, 6) is 0.780. The molecule has 1 atom stereocenters. The first-order chi connectivity index (χ1) is 10.7. The third-order valence-corrected chi connectivity index (χ3v) is 4.54. The Labute approximate surface area is 133 Å². The third-order valence-electron chi connectivity index (χ3n) is 4.54. The lowest BCUT2D eigenvalue weighted by molar-refractivity contribution is 0.251. The molecule has 2 aromatic rings. The lowest BCUT2D eigenvalue weighted by Crippen LogP contribution is -2.28. The van der Waals surface area contributed by atoms with Gasteiger partial charge in [0.1, 0.15) is 0 Å². The summed E-state index contributed by atoms with van der Waals surface area (Å²) >= 11 is 0. The molecule has 1 aliphatic rings. The van der Waals surface area contributed by atoms with E-state index in [0.29, 0.717) is 0 Å². The summed E-state index contributed by atoms with van der Waals surface area (Å²) in [7, 11) is 4.28. The van der Waals surface area contributed by atoms with Gasteiger partial charge in [0.15, 0.2) is 0 Å². The van der Waals surface area contributed by atoms with Crippen LogP contribution in [0.2, 0.25) is 0 Å². The average molecular weight is 298 g/mol. The van der Waals surface area contributed by atoms with Crippen LogP contribution >= 0.6 is 0 Å². The monoisotopic (exact) mass is 298 g/mol. The maximum Gasteiger partial charge on any atom is 0.0945 e. The van der Waals surface area contributed by atoms with Gasteiger partial charge in [-0.3, -0.25) is 4.90 Å². The highest BCUT2D eigenvalue weighted by Gasteiger charge is 2.23. The van der Waals surface area contributed by atoms with Crippen molar-refractivity contribution in [3.05, 3.63) is 54.1 Å². The van der Waals surface area contributed by atoms with Crippen molar-refractivity contribution in [2.24, 2.45) is 13.0 Å². The fraction of sp³-hybridized carbons (Fsp3) is 0.500. The topological polar surface area (TPSA) is 24.3 Å². The number of hydrogen-bond acceptors (Lipinski definition) is 3. The summed E-state index contributed by atoms with van der Waals surface area (Å²) in [5, 5.41) is 0. The number of hydrogen-bond donors (Lipinski definition) is 0. The lowest BCUT2D eigenvalue weighted by atomic mass is 10.1. The van der Waals surface area contributed by atoms with Gasteiger partial charge in [0.25, 0.3) is 0 Å². The molecular weight excluding hydrogens is 272 g/mol. The molecular formula is C18H26N4. The molecule has 118 valence electrons. The SMILES string of the molecule is CN(Cc1cncn1C)C[C@H]1CCN(Cc2ccccc2)C1. The zero-order valence-corrected chi connectivity index (χ0v) is 13.7. The highest BCUT2D eigenvalue weighted by Crippen LogP contribution is 2.20. The molecule has 3 rings (SSSR count). The second-order valence-electron chi connectivity index (χ2n) is 6.57. The Morgan fingerprint density at radius 3 is 2.82 bits per heavy atom. The van der Waals surface area contributed by atoms with Crippen molar-refractivity contribution in [3.8, 4) is 0 Å². The minimum atomic E-state index is 0.780. The molecule has 0 aliphatic carbocycles. The van der Waals surface area contributed by atoms with Crippen LogP contribution < -0.4 is 0 Å². The first-order valence-corrected chi connectivity index (χ1v) is 8.10. The molecule has 22 heavy (non-hydrogen) atoms. The molecule has 0 radical (unpaired) electrons. The van der Waals surface area contributed by atoms with E-state index in [1.807, 2.05) is 12.5 Å². The first kappa shape index (κ1) is 15.3. The van der Waals surface area contributed by atoms with Gasteiger partial charge in [-0.2, -0.15) is 0 Å². The van der Waals surface area contributed by atoms with E-state index >= 15 is 0 Å². The van der Waals surface area contributed by atoms with Crippen molar-refractivity contribution in [3.63, 3.8) is 0 Å². The number of likely N-dealkylation sites (tertiary alicyclic amines) is 1. The summed E-state index contributed by atoms with van der Waals surface area (Å²) < 4.78 is 2.10. The Morgan fingerprint density at radius 1 is 1.27 bits per heavy atom. The number of aromatic nitrogens is 2. The molecule has 0 amide bonds. The maximum absolute atomic E-state index is 4.19. The molecule has 1 aliphatic heterocycles. The summed E-state index contributed by atoms with van der Waals surface area (Å²) in [6, 6.07) is 10.8. The second-order valence-corrected chi connectivity index (χ2v) is 6.57. The van der Waals surface area contributed by atoms with Crippen LogP contribution in [0.1, 0.15) is 17.7 Å². The Morgan fingerprint density at radius 2 is 2.09 bits per heavy atom. The van der Waals surface area contributed by atoms with Crippen LogP contribution in [0.3, 0.4) is 0 Å². The van der Waals surface area contributed by atoms with E-state index in [9.17, 15) is 0 Å². The maximum atomic E-state index is 4.19. The van der Waals surface area contributed by atoms with Gasteiger partial charge >= 0.3 is 0 Å². The molecule has 0 unspecified atom stereocenters. The van der Waals surface area contributed by atoms with Crippen molar-refractivity contribution < 1.29 is 0 Å². The van der Waals surface area contributed by atoms with Crippen LogP contribution in [0.15, 0.2) is 42.9 Å². The van der Waals surface area contributed by atoms with E-state index in [0.717, 1.165) is 25.6 Å². The lowest BCUT2D eigenvalue weighted by Gasteiger charge is -2.21. The zero-order valence-electron chi connectivity index (χ0n) is 13.7. The summed E-state index contributed by atoms with van der Waals surface area (Å²) in [5.41, 5.74) is 2.70.